The van der Waals surface area contributed by atoms with Crippen molar-refractivity contribution in [1.82, 2.24) is 0 Å². The zero-order chi connectivity index (χ0) is 18.8. The van der Waals surface area contributed by atoms with Crippen LogP contribution in [0.5, 0.6) is 17.2 Å². The number of carboxylic acids is 1. The van der Waals surface area contributed by atoms with Crippen molar-refractivity contribution in [2.75, 3.05) is 11.9 Å². The third kappa shape index (κ3) is 6.47. The standard InChI is InChI=1S/C20H23NO5/c1-2-25-15-11-13-16(14-12-15)26-18-8-4-3-7-17(18)21-19(22)9-5-6-10-20(23)24/h3-4,7-8,11-14H,2,5-6,9-10H2,1H3,(H,21,22)(H,23,24). The van der Waals surface area contributed by atoms with Crippen molar-refractivity contribution in [2.45, 2.75) is 32.6 Å². The molecule has 0 atom stereocenters. The van der Waals surface area contributed by atoms with Gasteiger partial charge in [-0.2, -0.15) is 0 Å². The molecule has 26 heavy (non-hydrogen) atoms. The Bertz CT molecular complexity index is 727. The molecule has 138 valence electrons. The summed E-state index contributed by atoms with van der Waals surface area (Å²) in [6.07, 6.45) is 1.35. The van der Waals surface area contributed by atoms with Crippen molar-refractivity contribution >= 4 is 17.6 Å². The molecule has 2 aromatic rings. The maximum Gasteiger partial charge on any atom is 0.303 e. The summed E-state index contributed by atoms with van der Waals surface area (Å²) in [5.74, 6) is 0.924. The number of carbonyl (C=O) groups is 2. The molecule has 0 saturated carbocycles. The normalized spacial score (nSPS) is 10.2. The van der Waals surface area contributed by atoms with E-state index in [-0.39, 0.29) is 18.7 Å². The molecule has 0 unspecified atom stereocenters. The van der Waals surface area contributed by atoms with E-state index >= 15 is 0 Å². The Morgan fingerprint density at radius 3 is 2.31 bits per heavy atom. The Morgan fingerprint density at radius 1 is 0.962 bits per heavy atom. The number of carboxylic acid groups (broad SMARTS) is 1. The number of benzene rings is 2. The predicted molar refractivity (Wildman–Crippen MR) is 98.9 cm³/mol. The zero-order valence-corrected chi connectivity index (χ0v) is 14.7. The summed E-state index contributed by atoms with van der Waals surface area (Å²) in [5.41, 5.74) is 0.574. The Balaban J connectivity index is 1.94. The van der Waals surface area contributed by atoms with Gasteiger partial charge in [0.15, 0.2) is 5.75 Å². The highest BCUT2D eigenvalue weighted by atomic mass is 16.5. The van der Waals surface area contributed by atoms with E-state index in [1.807, 2.05) is 31.2 Å². The monoisotopic (exact) mass is 357 g/mol. The number of nitrogens with one attached hydrogen (secondary N) is 1. The van der Waals surface area contributed by atoms with E-state index in [0.717, 1.165) is 5.75 Å². The third-order valence-corrected chi connectivity index (χ3v) is 3.57. The van der Waals surface area contributed by atoms with Crippen molar-refractivity contribution in [3.63, 3.8) is 0 Å². The summed E-state index contributed by atoms with van der Waals surface area (Å²) in [4.78, 5) is 22.5. The van der Waals surface area contributed by atoms with Crippen LogP contribution >= 0.6 is 0 Å². The van der Waals surface area contributed by atoms with Gasteiger partial charge in [0.1, 0.15) is 11.5 Å². The van der Waals surface area contributed by atoms with Crippen LogP contribution in [0.3, 0.4) is 0 Å². The molecule has 2 aromatic carbocycles. The van der Waals surface area contributed by atoms with Gasteiger partial charge in [-0.05, 0) is 56.2 Å². The molecule has 0 aliphatic rings. The van der Waals surface area contributed by atoms with E-state index in [4.69, 9.17) is 14.6 Å². The van der Waals surface area contributed by atoms with Crippen molar-refractivity contribution in [2.24, 2.45) is 0 Å². The average Bonchev–Trinajstić information content (AvgIpc) is 2.62. The number of ether oxygens (including phenoxy) is 2. The SMILES string of the molecule is CCOc1ccc(Oc2ccccc2NC(=O)CCCCC(=O)O)cc1. The smallest absolute Gasteiger partial charge is 0.303 e. The first-order valence-corrected chi connectivity index (χ1v) is 8.60. The molecule has 1 amide bonds. The van der Waals surface area contributed by atoms with E-state index < -0.39 is 5.97 Å². The van der Waals surface area contributed by atoms with Crippen LogP contribution in [0.2, 0.25) is 0 Å². The fourth-order valence-electron chi connectivity index (χ4n) is 2.33. The summed E-state index contributed by atoms with van der Waals surface area (Å²) in [5, 5.41) is 11.4. The van der Waals surface area contributed by atoms with Gasteiger partial charge in [0.05, 0.1) is 12.3 Å². The third-order valence-electron chi connectivity index (χ3n) is 3.57. The predicted octanol–water partition coefficient (Wildman–Crippen LogP) is 4.46. The maximum absolute atomic E-state index is 12.0. The molecule has 6 heteroatoms. The molecule has 0 heterocycles. The minimum atomic E-state index is -0.848. The van der Waals surface area contributed by atoms with Crippen molar-refractivity contribution in [3.8, 4) is 17.2 Å². The molecule has 2 rings (SSSR count). The second-order valence-corrected chi connectivity index (χ2v) is 5.65. The summed E-state index contributed by atoms with van der Waals surface area (Å²) in [7, 11) is 0. The highest BCUT2D eigenvalue weighted by Crippen LogP contribution is 2.30. The van der Waals surface area contributed by atoms with Crippen LogP contribution in [-0.2, 0) is 9.59 Å². The van der Waals surface area contributed by atoms with Gasteiger partial charge in [0, 0.05) is 12.8 Å². The first-order valence-electron chi connectivity index (χ1n) is 8.60. The van der Waals surface area contributed by atoms with E-state index in [1.165, 1.54) is 0 Å². The van der Waals surface area contributed by atoms with E-state index in [2.05, 4.69) is 5.32 Å². The minimum Gasteiger partial charge on any atom is -0.494 e. The molecule has 0 aromatic heterocycles. The first-order chi connectivity index (χ1) is 12.6. The van der Waals surface area contributed by atoms with Crippen LogP contribution in [0.1, 0.15) is 32.6 Å². The Kier molecular flexibility index (Phi) is 7.49. The molecule has 0 fully saturated rings. The highest BCUT2D eigenvalue weighted by molar-refractivity contribution is 5.92. The zero-order valence-electron chi connectivity index (χ0n) is 14.7. The van der Waals surface area contributed by atoms with Gasteiger partial charge in [-0.15, -0.1) is 0 Å². The van der Waals surface area contributed by atoms with Gasteiger partial charge in [-0.3, -0.25) is 9.59 Å². The summed E-state index contributed by atoms with van der Waals surface area (Å²) >= 11 is 0. The second kappa shape index (κ2) is 10.1. The van der Waals surface area contributed by atoms with Crippen LogP contribution in [0.4, 0.5) is 5.69 Å². The van der Waals surface area contributed by atoms with Crippen LogP contribution < -0.4 is 14.8 Å². The van der Waals surface area contributed by atoms with Crippen LogP contribution in [0, 0.1) is 0 Å². The molecule has 0 radical (unpaired) electrons. The van der Waals surface area contributed by atoms with Gasteiger partial charge in [-0.1, -0.05) is 12.1 Å². The fraction of sp³-hybridized carbons (Fsp3) is 0.300. The van der Waals surface area contributed by atoms with Crippen molar-refractivity contribution in [3.05, 3.63) is 48.5 Å². The van der Waals surface area contributed by atoms with Gasteiger partial charge in [0.25, 0.3) is 0 Å². The summed E-state index contributed by atoms with van der Waals surface area (Å²) in [6, 6.07) is 14.4. The lowest BCUT2D eigenvalue weighted by Crippen LogP contribution is -2.12. The number of amides is 1. The van der Waals surface area contributed by atoms with Gasteiger partial charge >= 0.3 is 5.97 Å². The average molecular weight is 357 g/mol. The summed E-state index contributed by atoms with van der Waals surface area (Å²) in [6.45, 7) is 2.52. The minimum absolute atomic E-state index is 0.0741. The Labute approximate surface area is 152 Å². The second-order valence-electron chi connectivity index (χ2n) is 5.65. The lowest BCUT2D eigenvalue weighted by Gasteiger charge is -2.12. The molecule has 0 aliphatic carbocycles. The van der Waals surface area contributed by atoms with E-state index in [1.54, 1.807) is 24.3 Å². The van der Waals surface area contributed by atoms with E-state index in [0.29, 0.717) is 36.6 Å². The molecule has 0 saturated heterocycles. The lowest BCUT2D eigenvalue weighted by atomic mass is 10.2. The van der Waals surface area contributed by atoms with Crippen LogP contribution in [-0.4, -0.2) is 23.6 Å². The van der Waals surface area contributed by atoms with Crippen molar-refractivity contribution < 1.29 is 24.2 Å². The van der Waals surface area contributed by atoms with Crippen LogP contribution in [0.25, 0.3) is 0 Å². The Hall–Kier alpha value is -3.02. The Morgan fingerprint density at radius 2 is 1.62 bits per heavy atom. The molecule has 0 spiro atoms. The van der Waals surface area contributed by atoms with Crippen molar-refractivity contribution in [1.29, 1.82) is 0 Å². The maximum atomic E-state index is 12.0. The number of carbonyl (C=O) groups excluding carboxylic acids is 1. The first kappa shape index (κ1) is 19.3. The number of para-hydroxylation sites is 2. The molecule has 6 nitrogen and oxygen atoms in total. The number of aliphatic carboxylic acids is 1. The molecular formula is C20H23NO5. The van der Waals surface area contributed by atoms with Gasteiger partial charge in [0.2, 0.25) is 5.91 Å². The summed E-state index contributed by atoms with van der Waals surface area (Å²) < 4.78 is 11.3. The van der Waals surface area contributed by atoms with Gasteiger partial charge < -0.3 is 19.9 Å². The number of unbranched alkanes of at least 4 members (excludes halogenated alkanes) is 1. The molecule has 0 bridgehead atoms. The number of hydrogen-bond acceptors (Lipinski definition) is 4. The largest absolute Gasteiger partial charge is 0.494 e. The highest BCUT2D eigenvalue weighted by Gasteiger charge is 2.09. The molecular weight excluding hydrogens is 334 g/mol. The topological polar surface area (TPSA) is 84.9 Å². The number of hydrogen-bond donors (Lipinski definition) is 2. The fourth-order valence-corrected chi connectivity index (χ4v) is 2.33. The van der Waals surface area contributed by atoms with Crippen LogP contribution in [0.15, 0.2) is 48.5 Å². The molecule has 0 aliphatic heterocycles. The van der Waals surface area contributed by atoms with Gasteiger partial charge in [-0.25, -0.2) is 0 Å². The van der Waals surface area contributed by atoms with E-state index in [9.17, 15) is 9.59 Å². The lowest BCUT2D eigenvalue weighted by molar-refractivity contribution is -0.137. The quantitative estimate of drug-likeness (QED) is 0.613. The molecule has 2 N–H and O–H groups in total. The number of anilines is 1. The number of rotatable bonds is 10.